The Kier molecular flexibility index (Phi) is 5.66. The van der Waals surface area contributed by atoms with Gasteiger partial charge in [-0.15, -0.1) is 0 Å². The number of hydrogen-bond donors (Lipinski definition) is 2. The SMILES string of the molecule is COc1ccc(C=NNC(=S)Nc2cccc3ccccc23)cc1OC. The molecule has 3 aromatic carbocycles. The molecule has 3 aromatic rings. The zero-order valence-corrected chi connectivity index (χ0v) is 15.3. The molecule has 0 radical (unpaired) electrons. The van der Waals surface area contributed by atoms with Gasteiger partial charge >= 0.3 is 0 Å². The van der Waals surface area contributed by atoms with E-state index in [4.69, 9.17) is 21.7 Å². The molecule has 0 aromatic heterocycles. The lowest BCUT2D eigenvalue weighted by Gasteiger charge is -2.10. The van der Waals surface area contributed by atoms with Crippen LogP contribution in [0, 0.1) is 0 Å². The van der Waals surface area contributed by atoms with Crippen LogP contribution >= 0.6 is 12.2 Å². The number of fused-ring (bicyclic) bond motifs is 1. The van der Waals surface area contributed by atoms with Gasteiger partial charge in [0.15, 0.2) is 16.6 Å². The molecule has 2 N–H and O–H groups in total. The van der Waals surface area contributed by atoms with Crippen LogP contribution in [0.25, 0.3) is 10.8 Å². The topological polar surface area (TPSA) is 54.9 Å². The van der Waals surface area contributed by atoms with Crippen LogP contribution in [0.15, 0.2) is 65.8 Å². The van der Waals surface area contributed by atoms with Crippen molar-refractivity contribution in [2.24, 2.45) is 5.10 Å². The molecule has 0 saturated carbocycles. The molecular formula is C20H19N3O2S. The average molecular weight is 365 g/mol. The van der Waals surface area contributed by atoms with Gasteiger partial charge in [0.25, 0.3) is 0 Å². The lowest BCUT2D eigenvalue weighted by Crippen LogP contribution is -2.23. The minimum atomic E-state index is 0.415. The van der Waals surface area contributed by atoms with Gasteiger partial charge in [0.1, 0.15) is 0 Å². The number of ether oxygens (including phenoxy) is 2. The summed E-state index contributed by atoms with van der Waals surface area (Å²) >= 11 is 5.32. The van der Waals surface area contributed by atoms with Gasteiger partial charge < -0.3 is 14.8 Å². The first kappa shape index (κ1) is 17.7. The average Bonchev–Trinajstić information content (AvgIpc) is 2.68. The Hall–Kier alpha value is -3.12. The molecule has 5 nitrogen and oxygen atoms in total. The Bertz CT molecular complexity index is 951. The largest absolute Gasteiger partial charge is 0.493 e. The minimum absolute atomic E-state index is 0.415. The van der Waals surface area contributed by atoms with Crippen LogP contribution in [0.4, 0.5) is 5.69 Å². The van der Waals surface area contributed by atoms with Crippen molar-refractivity contribution >= 4 is 40.0 Å². The Morgan fingerprint density at radius 3 is 2.54 bits per heavy atom. The maximum Gasteiger partial charge on any atom is 0.191 e. The molecule has 0 aliphatic heterocycles. The summed E-state index contributed by atoms with van der Waals surface area (Å²) in [6, 6.07) is 19.7. The molecule has 0 atom stereocenters. The second-order valence-corrected chi connectivity index (χ2v) is 5.87. The predicted molar refractivity (Wildman–Crippen MR) is 110 cm³/mol. The van der Waals surface area contributed by atoms with Crippen LogP contribution in [0.1, 0.15) is 5.56 Å². The van der Waals surface area contributed by atoms with E-state index >= 15 is 0 Å². The second-order valence-electron chi connectivity index (χ2n) is 5.47. The summed E-state index contributed by atoms with van der Waals surface area (Å²) in [6.07, 6.45) is 1.67. The first-order valence-electron chi connectivity index (χ1n) is 8.01. The molecule has 0 aliphatic carbocycles. The van der Waals surface area contributed by atoms with Crippen LogP contribution in [0.3, 0.4) is 0 Å². The first-order valence-corrected chi connectivity index (χ1v) is 8.42. The zero-order chi connectivity index (χ0) is 18.4. The Labute approximate surface area is 157 Å². The van der Waals surface area contributed by atoms with Crippen LogP contribution in [-0.2, 0) is 0 Å². The highest BCUT2D eigenvalue weighted by molar-refractivity contribution is 7.80. The Morgan fingerprint density at radius 2 is 1.73 bits per heavy atom. The number of methoxy groups -OCH3 is 2. The molecule has 6 heteroatoms. The number of rotatable bonds is 5. The van der Waals surface area contributed by atoms with Gasteiger partial charge in [0.2, 0.25) is 0 Å². The normalized spacial score (nSPS) is 10.7. The summed E-state index contributed by atoms with van der Waals surface area (Å²) < 4.78 is 10.5. The van der Waals surface area contributed by atoms with E-state index in [2.05, 4.69) is 28.0 Å². The van der Waals surface area contributed by atoms with Crippen molar-refractivity contribution in [3.63, 3.8) is 0 Å². The van der Waals surface area contributed by atoms with Crippen LogP contribution in [0.2, 0.25) is 0 Å². The molecule has 3 rings (SSSR count). The lowest BCUT2D eigenvalue weighted by atomic mass is 10.1. The fourth-order valence-electron chi connectivity index (χ4n) is 2.58. The van der Waals surface area contributed by atoms with E-state index in [0.717, 1.165) is 22.0 Å². The monoisotopic (exact) mass is 365 g/mol. The molecule has 0 heterocycles. The summed E-state index contributed by atoms with van der Waals surface area (Å²) in [6.45, 7) is 0. The van der Waals surface area contributed by atoms with Crippen molar-refractivity contribution < 1.29 is 9.47 Å². The number of anilines is 1. The van der Waals surface area contributed by atoms with Crippen LogP contribution in [0.5, 0.6) is 11.5 Å². The molecular weight excluding hydrogens is 346 g/mol. The molecule has 0 bridgehead atoms. The Balaban J connectivity index is 1.66. The van der Waals surface area contributed by atoms with E-state index in [9.17, 15) is 0 Å². The highest BCUT2D eigenvalue weighted by Crippen LogP contribution is 2.27. The molecule has 0 aliphatic rings. The second kappa shape index (κ2) is 8.31. The third-order valence-corrected chi connectivity index (χ3v) is 4.02. The number of hydrogen-bond acceptors (Lipinski definition) is 4. The van der Waals surface area contributed by atoms with E-state index < -0.39 is 0 Å². The standard InChI is InChI=1S/C20H19N3O2S/c1-24-18-11-10-14(12-19(18)25-2)13-21-23-20(26)22-17-9-5-7-15-6-3-4-8-16(15)17/h3-13H,1-2H3,(H2,22,23,26). The molecule has 0 fully saturated rings. The van der Waals surface area contributed by atoms with E-state index in [1.165, 1.54) is 0 Å². The molecule has 0 spiro atoms. The minimum Gasteiger partial charge on any atom is -0.493 e. The van der Waals surface area contributed by atoms with Gasteiger partial charge in [-0.25, -0.2) is 0 Å². The third-order valence-electron chi connectivity index (χ3n) is 3.83. The fourth-order valence-corrected chi connectivity index (χ4v) is 2.75. The fraction of sp³-hybridized carbons (Fsp3) is 0.100. The number of nitrogens with zero attached hydrogens (tertiary/aromatic N) is 1. The quantitative estimate of drug-likeness (QED) is 0.404. The van der Waals surface area contributed by atoms with Gasteiger partial charge in [-0.1, -0.05) is 36.4 Å². The number of nitrogens with one attached hydrogen (secondary N) is 2. The summed E-state index contributed by atoms with van der Waals surface area (Å²) in [5, 5.41) is 10.0. The highest BCUT2D eigenvalue weighted by Gasteiger charge is 2.04. The number of benzene rings is 3. The van der Waals surface area contributed by atoms with Gasteiger partial charge in [0, 0.05) is 11.1 Å². The van der Waals surface area contributed by atoms with Crippen molar-refractivity contribution in [1.82, 2.24) is 5.43 Å². The maximum atomic E-state index is 5.32. The van der Waals surface area contributed by atoms with E-state index in [1.807, 2.05) is 48.5 Å². The van der Waals surface area contributed by atoms with Crippen molar-refractivity contribution in [3.05, 3.63) is 66.2 Å². The molecule has 0 unspecified atom stereocenters. The highest BCUT2D eigenvalue weighted by atomic mass is 32.1. The van der Waals surface area contributed by atoms with Gasteiger partial charge in [-0.2, -0.15) is 5.10 Å². The molecule has 0 saturated heterocycles. The van der Waals surface area contributed by atoms with Crippen molar-refractivity contribution in [2.45, 2.75) is 0 Å². The molecule has 132 valence electrons. The summed E-state index contributed by atoms with van der Waals surface area (Å²) in [7, 11) is 3.20. The molecule has 0 amide bonds. The predicted octanol–water partition coefficient (Wildman–Crippen LogP) is 4.18. The summed E-state index contributed by atoms with van der Waals surface area (Å²) in [5.74, 6) is 1.32. The first-order chi connectivity index (χ1) is 12.7. The smallest absolute Gasteiger partial charge is 0.191 e. The molecule has 26 heavy (non-hydrogen) atoms. The number of hydrazone groups is 1. The van der Waals surface area contributed by atoms with E-state index in [0.29, 0.717) is 16.6 Å². The van der Waals surface area contributed by atoms with Crippen molar-refractivity contribution in [3.8, 4) is 11.5 Å². The Morgan fingerprint density at radius 1 is 0.962 bits per heavy atom. The number of thiocarbonyl (C=S) groups is 1. The zero-order valence-electron chi connectivity index (χ0n) is 14.5. The summed E-state index contributed by atoms with van der Waals surface area (Å²) in [5.41, 5.74) is 4.62. The van der Waals surface area contributed by atoms with Crippen LogP contribution < -0.4 is 20.2 Å². The van der Waals surface area contributed by atoms with Crippen molar-refractivity contribution in [1.29, 1.82) is 0 Å². The van der Waals surface area contributed by atoms with Gasteiger partial charge in [-0.3, -0.25) is 5.43 Å². The van der Waals surface area contributed by atoms with Crippen molar-refractivity contribution in [2.75, 3.05) is 19.5 Å². The van der Waals surface area contributed by atoms with E-state index in [-0.39, 0.29) is 0 Å². The van der Waals surface area contributed by atoms with Gasteiger partial charge in [0.05, 0.1) is 20.4 Å². The summed E-state index contributed by atoms with van der Waals surface area (Å²) in [4.78, 5) is 0. The third kappa shape index (κ3) is 4.10. The van der Waals surface area contributed by atoms with Gasteiger partial charge in [-0.05, 0) is 47.4 Å². The van der Waals surface area contributed by atoms with Crippen LogP contribution in [-0.4, -0.2) is 25.5 Å². The lowest BCUT2D eigenvalue weighted by molar-refractivity contribution is 0.355. The maximum absolute atomic E-state index is 5.32. The van der Waals surface area contributed by atoms with E-state index in [1.54, 1.807) is 20.4 Å².